The molecule has 0 saturated carbocycles. The maximum absolute atomic E-state index is 12.8. The summed E-state index contributed by atoms with van der Waals surface area (Å²) in [6, 6.07) is 11.9. The molecule has 0 radical (unpaired) electrons. The van der Waals surface area contributed by atoms with E-state index in [2.05, 4.69) is 10.2 Å². The first kappa shape index (κ1) is 21.7. The summed E-state index contributed by atoms with van der Waals surface area (Å²) >= 11 is 0. The maximum atomic E-state index is 12.8. The van der Waals surface area contributed by atoms with Gasteiger partial charge in [-0.1, -0.05) is 18.2 Å². The molecule has 2 aromatic carbocycles. The van der Waals surface area contributed by atoms with Crippen molar-refractivity contribution in [3.05, 3.63) is 53.6 Å². The van der Waals surface area contributed by atoms with E-state index in [1.54, 1.807) is 36.4 Å². The average molecular weight is 426 g/mol. The predicted octanol–water partition coefficient (Wildman–Crippen LogP) is 2.11. The zero-order valence-corrected chi connectivity index (χ0v) is 17.5. The summed E-state index contributed by atoms with van der Waals surface area (Å²) in [7, 11) is 4.10. The number of amides is 2. The van der Waals surface area contributed by atoms with Gasteiger partial charge in [-0.15, -0.1) is 0 Å². The number of esters is 1. The molecule has 9 heteroatoms. The largest absolute Gasteiger partial charge is 0.493 e. The molecule has 1 fully saturated rings. The van der Waals surface area contributed by atoms with Crippen LogP contribution in [0.1, 0.15) is 12.5 Å². The van der Waals surface area contributed by atoms with Gasteiger partial charge in [-0.2, -0.15) is 0 Å². The Hall–Kier alpha value is -4.01. The van der Waals surface area contributed by atoms with Crippen LogP contribution >= 0.6 is 0 Å². The number of para-hydroxylation sites is 1. The van der Waals surface area contributed by atoms with Crippen molar-refractivity contribution in [2.45, 2.75) is 13.0 Å². The molecule has 2 amide bonds. The van der Waals surface area contributed by atoms with Gasteiger partial charge in [0.25, 0.3) is 11.8 Å². The van der Waals surface area contributed by atoms with Crippen molar-refractivity contribution in [2.75, 3.05) is 26.3 Å². The second-order valence-corrected chi connectivity index (χ2v) is 6.51. The van der Waals surface area contributed by atoms with Crippen LogP contribution < -0.4 is 24.6 Å². The second-order valence-electron chi connectivity index (χ2n) is 6.51. The smallest absolute Gasteiger partial charge is 0.346 e. The Labute approximate surface area is 179 Å². The van der Waals surface area contributed by atoms with Gasteiger partial charge in [-0.3, -0.25) is 15.0 Å². The van der Waals surface area contributed by atoms with Gasteiger partial charge in [-0.25, -0.2) is 9.80 Å². The molecule has 31 heavy (non-hydrogen) atoms. The molecule has 0 bridgehead atoms. The molecule has 162 valence electrons. The number of ether oxygens (including phenoxy) is 4. The van der Waals surface area contributed by atoms with Crippen molar-refractivity contribution < 1.29 is 33.3 Å². The summed E-state index contributed by atoms with van der Waals surface area (Å²) in [5, 5.41) is 1.18. The molecule has 9 nitrogen and oxygen atoms in total. The number of rotatable bonds is 7. The van der Waals surface area contributed by atoms with Gasteiger partial charge in [0.1, 0.15) is 5.57 Å². The van der Waals surface area contributed by atoms with Crippen LogP contribution in [0.3, 0.4) is 0 Å². The van der Waals surface area contributed by atoms with Gasteiger partial charge in [0, 0.05) is 0 Å². The van der Waals surface area contributed by atoms with E-state index >= 15 is 0 Å². The first-order valence-corrected chi connectivity index (χ1v) is 9.32. The number of carbonyl (C=O) groups is 3. The summed E-state index contributed by atoms with van der Waals surface area (Å²) < 4.78 is 21.1. The van der Waals surface area contributed by atoms with E-state index in [0.717, 1.165) is 0 Å². The molecule has 1 aliphatic rings. The minimum absolute atomic E-state index is 0.0513. The van der Waals surface area contributed by atoms with Gasteiger partial charge >= 0.3 is 5.97 Å². The molecule has 1 atom stereocenters. The number of methoxy groups -OCH3 is 3. The quantitative estimate of drug-likeness (QED) is 0.411. The topological polar surface area (TPSA) is 103 Å². The normalized spacial score (nSPS) is 15.5. The Morgan fingerprint density at radius 3 is 2.19 bits per heavy atom. The Morgan fingerprint density at radius 2 is 1.65 bits per heavy atom. The van der Waals surface area contributed by atoms with E-state index in [0.29, 0.717) is 11.3 Å². The summed E-state index contributed by atoms with van der Waals surface area (Å²) in [6.45, 7) is 1.53. The Bertz CT molecular complexity index is 1010. The number of carbonyl (C=O) groups excluding carboxylic acids is 3. The van der Waals surface area contributed by atoms with Crippen LogP contribution in [0.25, 0.3) is 6.08 Å². The van der Waals surface area contributed by atoms with Crippen molar-refractivity contribution in [2.24, 2.45) is 0 Å². The molecule has 1 aliphatic heterocycles. The lowest BCUT2D eigenvalue weighted by Crippen LogP contribution is -2.35. The Kier molecular flexibility index (Phi) is 6.44. The fraction of sp³-hybridized carbons (Fsp3) is 0.227. The molecule has 0 aromatic heterocycles. The molecule has 1 N–H and O–H groups in total. The van der Waals surface area contributed by atoms with Gasteiger partial charge in [-0.05, 0) is 42.8 Å². The number of nitrogens with zero attached hydrogens (tertiary/aromatic N) is 1. The lowest BCUT2D eigenvalue weighted by molar-refractivity contribution is -0.148. The monoisotopic (exact) mass is 426 g/mol. The van der Waals surface area contributed by atoms with Crippen LogP contribution in [-0.2, 0) is 19.1 Å². The molecule has 0 aliphatic carbocycles. The number of hydrazine groups is 1. The number of nitrogens with one attached hydrogen (secondary N) is 1. The minimum atomic E-state index is -0.904. The lowest BCUT2D eigenvalue weighted by atomic mass is 10.1. The van der Waals surface area contributed by atoms with Crippen molar-refractivity contribution in [1.29, 1.82) is 0 Å². The average Bonchev–Trinajstić information content (AvgIpc) is 3.07. The molecule has 2 aromatic rings. The second kappa shape index (κ2) is 9.21. The lowest BCUT2D eigenvalue weighted by Gasteiger charge is -2.18. The van der Waals surface area contributed by atoms with E-state index < -0.39 is 23.9 Å². The third-order valence-electron chi connectivity index (χ3n) is 4.53. The third kappa shape index (κ3) is 4.45. The molecular formula is C22H22N2O7. The van der Waals surface area contributed by atoms with Crippen LogP contribution in [0, 0.1) is 0 Å². The van der Waals surface area contributed by atoms with Gasteiger partial charge in [0.2, 0.25) is 5.75 Å². The van der Waals surface area contributed by atoms with Crippen molar-refractivity contribution in [1.82, 2.24) is 5.43 Å². The highest BCUT2D eigenvalue weighted by atomic mass is 16.6. The van der Waals surface area contributed by atoms with Gasteiger partial charge < -0.3 is 18.9 Å². The van der Waals surface area contributed by atoms with E-state index in [1.807, 2.05) is 6.07 Å². The Balaban J connectivity index is 1.96. The molecule has 0 spiro atoms. The highest BCUT2D eigenvalue weighted by molar-refractivity contribution is 6.31. The molecule has 3 rings (SSSR count). The highest BCUT2D eigenvalue weighted by Gasteiger charge is 2.34. The number of benzene rings is 2. The first-order chi connectivity index (χ1) is 14.9. The SMILES string of the molecule is COC(=O)C(C)Oc1c(OC)cc(C=C2C(=O)NN(c3ccccc3)C2=O)cc1OC. The van der Waals surface area contributed by atoms with E-state index in [9.17, 15) is 14.4 Å². The standard InChI is InChI=1S/C22H22N2O7/c1-13(22(27)30-4)31-19-17(28-2)11-14(12-18(19)29-3)10-16-20(25)23-24(21(16)26)15-8-6-5-7-9-15/h5-13H,1-4H3,(H,23,25). The van der Waals surface area contributed by atoms with E-state index in [4.69, 9.17) is 14.2 Å². The number of hydrogen-bond acceptors (Lipinski definition) is 7. The van der Waals surface area contributed by atoms with Crippen molar-refractivity contribution in [3.63, 3.8) is 0 Å². The number of hydrogen-bond donors (Lipinski definition) is 1. The fourth-order valence-corrected chi connectivity index (χ4v) is 2.97. The third-order valence-corrected chi connectivity index (χ3v) is 4.53. The zero-order valence-electron chi connectivity index (χ0n) is 17.5. The van der Waals surface area contributed by atoms with Crippen LogP contribution in [0.4, 0.5) is 5.69 Å². The summed E-state index contributed by atoms with van der Waals surface area (Å²) in [5.41, 5.74) is 3.50. The molecule has 1 unspecified atom stereocenters. The summed E-state index contributed by atoms with van der Waals surface area (Å²) in [5.74, 6) is -0.886. The summed E-state index contributed by atoms with van der Waals surface area (Å²) in [6.07, 6.45) is 0.526. The molecule has 1 heterocycles. The highest BCUT2D eigenvalue weighted by Crippen LogP contribution is 2.40. The van der Waals surface area contributed by atoms with Crippen LogP contribution in [0.15, 0.2) is 48.0 Å². The van der Waals surface area contributed by atoms with Crippen LogP contribution in [-0.4, -0.2) is 45.2 Å². The fourth-order valence-electron chi connectivity index (χ4n) is 2.97. The van der Waals surface area contributed by atoms with Crippen molar-refractivity contribution in [3.8, 4) is 17.2 Å². The van der Waals surface area contributed by atoms with E-state index in [1.165, 1.54) is 39.3 Å². The predicted molar refractivity (Wildman–Crippen MR) is 112 cm³/mol. The molecular weight excluding hydrogens is 404 g/mol. The van der Waals surface area contributed by atoms with Crippen LogP contribution in [0.5, 0.6) is 17.2 Å². The van der Waals surface area contributed by atoms with Crippen LogP contribution in [0.2, 0.25) is 0 Å². The summed E-state index contributed by atoms with van der Waals surface area (Å²) in [4.78, 5) is 36.9. The minimum Gasteiger partial charge on any atom is -0.493 e. The van der Waals surface area contributed by atoms with Crippen molar-refractivity contribution >= 4 is 29.5 Å². The zero-order chi connectivity index (χ0) is 22.5. The first-order valence-electron chi connectivity index (χ1n) is 9.32. The molecule has 1 saturated heterocycles. The number of anilines is 1. The Morgan fingerprint density at radius 1 is 1.03 bits per heavy atom. The van der Waals surface area contributed by atoms with E-state index in [-0.39, 0.29) is 22.8 Å². The van der Waals surface area contributed by atoms with Gasteiger partial charge in [0.05, 0.1) is 27.0 Å². The maximum Gasteiger partial charge on any atom is 0.346 e. The van der Waals surface area contributed by atoms with Gasteiger partial charge in [0.15, 0.2) is 17.6 Å².